The summed E-state index contributed by atoms with van der Waals surface area (Å²) in [5.74, 6) is -2.80. The third-order valence-corrected chi connectivity index (χ3v) is 4.88. The first-order valence-electron chi connectivity index (χ1n) is 8.17. The van der Waals surface area contributed by atoms with Crippen molar-refractivity contribution in [3.05, 3.63) is 60.2 Å². The molecular formula is C21H16O4. The topological polar surface area (TPSA) is 74.6 Å². The van der Waals surface area contributed by atoms with E-state index < -0.39 is 17.9 Å². The Morgan fingerprint density at radius 2 is 1.40 bits per heavy atom. The van der Waals surface area contributed by atoms with Gasteiger partial charge in [-0.05, 0) is 44.3 Å². The first-order valence-corrected chi connectivity index (χ1v) is 8.17. The van der Waals surface area contributed by atoms with Gasteiger partial charge in [-0.15, -0.1) is 0 Å². The summed E-state index contributed by atoms with van der Waals surface area (Å²) in [4.78, 5) is 22.7. The van der Waals surface area contributed by atoms with Crippen LogP contribution in [0.3, 0.4) is 0 Å². The Balaban J connectivity index is 2.01. The Bertz CT molecular complexity index is 1100. The van der Waals surface area contributed by atoms with Gasteiger partial charge in [-0.1, -0.05) is 54.6 Å². The van der Waals surface area contributed by atoms with E-state index >= 15 is 0 Å². The molecule has 0 saturated carbocycles. The molecule has 2 N–H and O–H groups in total. The summed E-state index contributed by atoms with van der Waals surface area (Å²) in [6.07, 6.45) is -0.0897. The molecule has 0 amide bonds. The van der Waals surface area contributed by atoms with E-state index in [0.717, 1.165) is 32.3 Å². The van der Waals surface area contributed by atoms with Crippen molar-refractivity contribution < 1.29 is 19.8 Å². The van der Waals surface area contributed by atoms with Crippen LogP contribution in [-0.2, 0) is 9.59 Å². The molecule has 0 spiro atoms. The quantitative estimate of drug-likeness (QED) is 0.523. The second kappa shape index (κ2) is 5.74. The smallest absolute Gasteiger partial charge is 0.311 e. The van der Waals surface area contributed by atoms with E-state index in [2.05, 4.69) is 6.07 Å². The third kappa shape index (κ3) is 2.47. The number of carboxylic acids is 2. The van der Waals surface area contributed by atoms with E-state index in [1.54, 1.807) is 0 Å². The number of hydrogen-bond acceptors (Lipinski definition) is 2. The van der Waals surface area contributed by atoms with E-state index in [1.165, 1.54) is 0 Å². The first kappa shape index (κ1) is 15.4. The molecule has 0 aliphatic rings. The molecule has 0 fully saturated rings. The van der Waals surface area contributed by atoms with Gasteiger partial charge in [-0.3, -0.25) is 9.59 Å². The first-order chi connectivity index (χ1) is 12.1. The van der Waals surface area contributed by atoms with Crippen molar-refractivity contribution in [2.24, 2.45) is 0 Å². The van der Waals surface area contributed by atoms with Crippen LogP contribution in [0.15, 0.2) is 54.6 Å². The van der Waals surface area contributed by atoms with Crippen LogP contribution in [0.1, 0.15) is 24.3 Å². The van der Waals surface area contributed by atoms with Crippen molar-refractivity contribution in [1.82, 2.24) is 0 Å². The maximum atomic E-state index is 11.8. The fraction of sp³-hybridized carbons (Fsp3) is 0.143. The average molecular weight is 332 g/mol. The molecule has 1 atom stereocenters. The van der Waals surface area contributed by atoms with Gasteiger partial charge >= 0.3 is 11.9 Å². The van der Waals surface area contributed by atoms with Gasteiger partial charge < -0.3 is 10.2 Å². The van der Waals surface area contributed by atoms with Crippen LogP contribution >= 0.6 is 0 Å². The van der Waals surface area contributed by atoms with Crippen LogP contribution in [0.5, 0.6) is 0 Å². The summed E-state index contributed by atoms with van der Waals surface area (Å²) in [6, 6.07) is 17.9. The predicted octanol–water partition coefficient (Wildman–Crippen LogP) is 4.62. The van der Waals surface area contributed by atoms with Crippen molar-refractivity contribution >= 4 is 44.3 Å². The minimum absolute atomic E-state index is 0.0780. The van der Waals surface area contributed by atoms with Crippen LogP contribution in [0.2, 0.25) is 0 Å². The molecule has 0 aliphatic carbocycles. The van der Waals surface area contributed by atoms with Crippen molar-refractivity contribution in [3.8, 4) is 0 Å². The summed E-state index contributed by atoms with van der Waals surface area (Å²) in [7, 11) is 0. The fourth-order valence-electron chi connectivity index (χ4n) is 3.74. The average Bonchev–Trinajstić information content (AvgIpc) is 2.60. The van der Waals surface area contributed by atoms with Crippen LogP contribution in [0.4, 0.5) is 0 Å². The molecule has 0 heterocycles. The van der Waals surface area contributed by atoms with Gasteiger partial charge in [0.2, 0.25) is 0 Å². The fourth-order valence-corrected chi connectivity index (χ4v) is 3.74. The Hall–Kier alpha value is -3.14. The number of hydrogen-bond donors (Lipinski definition) is 2. The number of benzene rings is 4. The third-order valence-electron chi connectivity index (χ3n) is 4.88. The van der Waals surface area contributed by atoms with Gasteiger partial charge in [0.25, 0.3) is 0 Å². The number of rotatable bonds is 5. The van der Waals surface area contributed by atoms with Gasteiger partial charge in [0.15, 0.2) is 0 Å². The van der Waals surface area contributed by atoms with E-state index in [4.69, 9.17) is 5.11 Å². The summed E-state index contributed by atoms with van der Waals surface area (Å²) in [5.41, 5.74) is 0.680. The molecule has 4 aromatic rings. The van der Waals surface area contributed by atoms with Gasteiger partial charge in [0.1, 0.15) is 0 Å². The van der Waals surface area contributed by atoms with Crippen molar-refractivity contribution in [2.75, 3.05) is 0 Å². The van der Waals surface area contributed by atoms with Gasteiger partial charge in [-0.25, -0.2) is 0 Å². The van der Waals surface area contributed by atoms with Crippen LogP contribution < -0.4 is 0 Å². The molecule has 25 heavy (non-hydrogen) atoms. The minimum Gasteiger partial charge on any atom is -0.481 e. The maximum Gasteiger partial charge on any atom is 0.311 e. The summed E-state index contributed by atoms with van der Waals surface area (Å²) in [5, 5.41) is 24.9. The molecule has 4 aromatic carbocycles. The summed E-state index contributed by atoms with van der Waals surface area (Å²) < 4.78 is 0. The molecule has 4 heteroatoms. The van der Waals surface area contributed by atoms with Crippen molar-refractivity contribution in [3.63, 3.8) is 0 Å². The molecule has 0 aliphatic heterocycles. The Kier molecular flexibility index (Phi) is 3.53. The second-order valence-corrected chi connectivity index (χ2v) is 6.33. The van der Waals surface area contributed by atoms with E-state index in [9.17, 15) is 14.7 Å². The molecule has 0 bridgehead atoms. The molecule has 124 valence electrons. The number of carbonyl (C=O) groups is 2. The normalized spacial score (nSPS) is 12.8. The zero-order valence-electron chi connectivity index (χ0n) is 13.4. The highest BCUT2D eigenvalue weighted by atomic mass is 16.4. The Morgan fingerprint density at radius 1 is 0.800 bits per heavy atom. The molecule has 4 rings (SSSR count). The lowest BCUT2D eigenvalue weighted by Crippen LogP contribution is -2.14. The van der Waals surface area contributed by atoms with Crippen LogP contribution in [0.25, 0.3) is 32.3 Å². The standard InChI is InChI=1S/C21H16O4/c22-18(23)11-10-17(21(24)25)15-8-6-14-5-4-12-2-1-3-13-7-9-16(15)20(14)19(12)13/h1-9,17H,10-11H2,(H,22,23)(H,24,25). The van der Waals surface area contributed by atoms with Gasteiger partial charge in [-0.2, -0.15) is 0 Å². The highest BCUT2D eigenvalue weighted by Gasteiger charge is 2.24. The van der Waals surface area contributed by atoms with Crippen LogP contribution in [0, 0.1) is 0 Å². The summed E-state index contributed by atoms with van der Waals surface area (Å²) >= 11 is 0. The maximum absolute atomic E-state index is 11.8. The van der Waals surface area contributed by atoms with E-state index in [0.29, 0.717) is 5.56 Å². The number of carboxylic acid groups (broad SMARTS) is 2. The van der Waals surface area contributed by atoms with Crippen molar-refractivity contribution in [2.45, 2.75) is 18.8 Å². The van der Waals surface area contributed by atoms with E-state index in [-0.39, 0.29) is 12.8 Å². The zero-order valence-corrected chi connectivity index (χ0v) is 13.4. The monoisotopic (exact) mass is 332 g/mol. The Morgan fingerprint density at radius 3 is 2.04 bits per heavy atom. The van der Waals surface area contributed by atoms with Gasteiger partial charge in [0, 0.05) is 6.42 Å². The predicted molar refractivity (Wildman–Crippen MR) is 97.4 cm³/mol. The molecule has 1 unspecified atom stereocenters. The largest absolute Gasteiger partial charge is 0.481 e. The molecule has 0 aromatic heterocycles. The highest BCUT2D eigenvalue weighted by Crippen LogP contribution is 2.38. The van der Waals surface area contributed by atoms with E-state index in [1.807, 2.05) is 48.5 Å². The lowest BCUT2D eigenvalue weighted by molar-refractivity contribution is -0.140. The SMILES string of the molecule is O=C(O)CCC(C(=O)O)c1ccc2ccc3cccc4ccc1c2c34. The number of aliphatic carboxylic acids is 2. The Labute approximate surface area is 143 Å². The molecular weight excluding hydrogens is 316 g/mol. The molecule has 0 radical (unpaired) electrons. The zero-order chi connectivity index (χ0) is 17.6. The second-order valence-electron chi connectivity index (χ2n) is 6.33. The summed E-state index contributed by atoms with van der Waals surface area (Å²) in [6.45, 7) is 0. The lowest BCUT2D eigenvalue weighted by Gasteiger charge is -2.18. The molecule has 4 nitrogen and oxygen atoms in total. The highest BCUT2D eigenvalue weighted by molar-refractivity contribution is 6.23. The molecule has 0 saturated heterocycles. The van der Waals surface area contributed by atoms with Crippen molar-refractivity contribution in [1.29, 1.82) is 0 Å². The van der Waals surface area contributed by atoms with Gasteiger partial charge in [0.05, 0.1) is 5.92 Å². The van der Waals surface area contributed by atoms with Crippen LogP contribution in [-0.4, -0.2) is 22.2 Å². The minimum atomic E-state index is -0.990. The lowest BCUT2D eigenvalue weighted by atomic mass is 9.86.